The molecule has 0 saturated carbocycles. The number of hydrogen-bond donors (Lipinski definition) is 3. The van der Waals surface area contributed by atoms with Crippen molar-refractivity contribution in [3.63, 3.8) is 0 Å². The van der Waals surface area contributed by atoms with Crippen molar-refractivity contribution < 1.29 is 13.6 Å². The fourth-order valence-electron chi connectivity index (χ4n) is 4.31. The summed E-state index contributed by atoms with van der Waals surface area (Å²) in [5.74, 6) is -3.37. The summed E-state index contributed by atoms with van der Waals surface area (Å²) < 4.78 is 29.3. The van der Waals surface area contributed by atoms with Crippen molar-refractivity contribution in [2.75, 3.05) is 25.9 Å². The Kier molecular flexibility index (Phi) is 5.28. The normalized spacial score (nSPS) is 17.9. The van der Waals surface area contributed by atoms with Crippen LogP contribution in [0.15, 0.2) is 42.9 Å². The van der Waals surface area contributed by atoms with Gasteiger partial charge in [0.2, 0.25) is 0 Å². The van der Waals surface area contributed by atoms with E-state index in [1.165, 1.54) is 4.90 Å². The van der Waals surface area contributed by atoms with Gasteiger partial charge in [-0.15, -0.1) is 0 Å². The summed E-state index contributed by atoms with van der Waals surface area (Å²) in [6.45, 7) is 1.66. The van der Waals surface area contributed by atoms with Crippen molar-refractivity contribution in [1.82, 2.24) is 34.6 Å². The molecular formula is C23H24F2N8O. The number of alkyl halides is 2. The molecule has 1 saturated heterocycles. The number of hydrogen-bond acceptors (Lipinski definition) is 6. The van der Waals surface area contributed by atoms with Crippen LogP contribution in [0.2, 0.25) is 0 Å². The zero-order valence-corrected chi connectivity index (χ0v) is 18.7. The predicted octanol–water partition coefficient (Wildman–Crippen LogP) is 2.75. The molecule has 0 spiro atoms. The van der Waals surface area contributed by atoms with Crippen LogP contribution in [0.4, 0.5) is 14.6 Å². The molecule has 1 aliphatic heterocycles. The third-order valence-corrected chi connectivity index (χ3v) is 6.09. The van der Waals surface area contributed by atoms with Gasteiger partial charge >= 0.3 is 0 Å². The maximum atomic E-state index is 13.7. The van der Waals surface area contributed by atoms with Gasteiger partial charge in [-0.3, -0.25) is 9.69 Å². The van der Waals surface area contributed by atoms with Gasteiger partial charge in [0, 0.05) is 48.9 Å². The number of rotatable bonds is 5. The first-order chi connectivity index (χ1) is 16.2. The van der Waals surface area contributed by atoms with E-state index in [0.29, 0.717) is 17.1 Å². The number of aryl methyl sites for hydroxylation is 1. The lowest BCUT2D eigenvalue weighted by Crippen LogP contribution is -2.38. The fraction of sp³-hybridized carbons (Fsp3) is 0.304. The van der Waals surface area contributed by atoms with Crippen LogP contribution in [0, 0.1) is 6.92 Å². The van der Waals surface area contributed by atoms with Gasteiger partial charge in [-0.05, 0) is 38.2 Å². The van der Waals surface area contributed by atoms with Crippen LogP contribution < -0.4 is 11.1 Å². The number of nitrogens with one attached hydrogen (secondary N) is 2. The van der Waals surface area contributed by atoms with Gasteiger partial charge in [-0.25, -0.2) is 23.7 Å². The zero-order valence-electron chi connectivity index (χ0n) is 18.7. The van der Waals surface area contributed by atoms with Crippen LogP contribution in [-0.4, -0.2) is 67.2 Å². The molecule has 0 aromatic carbocycles. The van der Waals surface area contributed by atoms with E-state index in [-0.39, 0.29) is 31.0 Å². The Morgan fingerprint density at radius 3 is 2.82 bits per heavy atom. The molecule has 5 rings (SSSR count). The first kappa shape index (κ1) is 22.0. The first-order valence-electron chi connectivity index (χ1n) is 10.8. The molecule has 4 aromatic heterocycles. The zero-order chi connectivity index (χ0) is 24.0. The second-order valence-corrected chi connectivity index (χ2v) is 8.62. The van der Waals surface area contributed by atoms with Gasteiger partial charge in [0.1, 0.15) is 17.0 Å². The Balaban J connectivity index is 1.51. The Hall–Kier alpha value is -3.86. The van der Waals surface area contributed by atoms with Crippen molar-refractivity contribution in [3.05, 3.63) is 54.2 Å². The number of imidazole rings is 1. The maximum absolute atomic E-state index is 13.7. The molecule has 34 heavy (non-hydrogen) atoms. The second kappa shape index (κ2) is 8.17. The van der Waals surface area contributed by atoms with Gasteiger partial charge in [-0.2, -0.15) is 0 Å². The summed E-state index contributed by atoms with van der Waals surface area (Å²) in [6.07, 6.45) is 5.09. The van der Waals surface area contributed by atoms with Crippen LogP contribution in [0.25, 0.3) is 28.3 Å². The number of nitrogen functional groups attached to an aromatic ring is 1. The quantitative estimate of drug-likeness (QED) is 0.416. The highest BCUT2D eigenvalue weighted by Crippen LogP contribution is 2.32. The molecule has 1 atom stereocenters. The third kappa shape index (κ3) is 3.98. The number of nitrogens with two attached hydrogens (primary N) is 1. The highest BCUT2D eigenvalue weighted by Gasteiger charge is 2.43. The van der Waals surface area contributed by atoms with Gasteiger partial charge in [0.25, 0.3) is 11.8 Å². The maximum Gasteiger partial charge on any atom is 0.273 e. The lowest BCUT2D eigenvalue weighted by Gasteiger charge is -2.19. The molecule has 4 aromatic rings. The van der Waals surface area contributed by atoms with Gasteiger partial charge < -0.3 is 20.4 Å². The number of H-pyrrole nitrogens is 1. The smallest absolute Gasteiger partial charge is 0.273 e. The molecule has 176 valence electrons. The molecule has 5 heterocycles. The summed E-state index contributed by atoms with van der Waals surface area (Å²) in [4.78, 5) is 31.0. The van der Waals surface area contributed by atoms with E-state index < -0.39 is 17.9 Å². The molecule has 11 heteroatoms. The molecular weight excluding hydrogens is 442 g/mol. The number of fused-ring (bicyclic) bond motifs is 1. The SMILES string of the molecule is Cc1cnc2ccc(-c3nc(C(=O)NC[C@H]4CC(F)(F)CN4C)c(N)nc3-c3ccc[nH]3)cn12. The fourth-order valence-corrected chi connectivity index (χ4v) is 4.31. The number of halogens is 2. The number of anilines is 1. The van der Waals surface area contributed by atoms with Crippen LogP contribution in [0.3, 0.4) is 0 Å². The van der Waals surface area contributed by atoms with Crippen molar-refractivity contribution in [1.29, 1.82) is 0 Å². The van der Waals surface area contributed by atoms with Crippen LogP contribution in [0.1, 0.15) is 22.6 Å². The predicted molar refractivity (Wildman–Crippen MR) is 123 cm³/mol. The Bertz CT molecular complexity index is 1370. The highest BCUT2D eigenvalue weighted by atomic mass is 19.3. The summed E-state index contributed by atoms with van der Waals surface area (Å²) in [6, 6.07) is 6.90. The standard InChI is InChI=1S/C23H24F2N8O/c1-13-9-28-17-6-5-14(11-33(13)17)18-19(16-4-3-7-27-16)31-21(26)20(30-18)22(34)29-10-15-8-23(24,25)12-32(15)2/h3-7,9,11,15,27H,8,10,12H2,1-2H3,(H2,26,31)(H,29,34)/t15-/m1/s1. The van der Waals surface area contributed by atoms with Crippen LogP contribution >= 0.6 is 0 Å². The molecule has 0 radical (unpaired) electrons. The number of aromatic amines is 1. The first-order valence-corrected chi connectivity index (χ1v) is 10.8. The van der Waals surface area contributed by atoms with Crippen molar-refractivity contribution >= 4 is 17.4 Å². The van der Waals surface area contributed by atoms with Crippen molar-refractivity contribution in [2.45, 2.75) is 25.3 Å². The molecule has 9 nitrogen and oxygen atoms in total. The van der Waals surface area contributed by atoms with E-state index in [1.54, 1.807) is 19.4 Å². The molecule has 0 unspecified atom stereocenters. The average Bonchev–Trinajstić information content (AvgIpc) is 3.51. The number of carbonyl (C=O) groups is 1. The molecule has 4 N–H and O–H groups in total. The van der Waals surface area contributed by atoms with Crippen molar-refractivity contribution in [2.24, 2.45) is 0 Å². The third-order valence-electron chi connectivity index (χ3n) is 6.09. The second-order valence-electron chi connectivity index (χ2n) is 8.62. The number of amides is 1. The van der Waals surface area contributed by atoms with E-state index in [9.17, 15) is 13.6 Å². The molecule has 0 bridgehead atoms. The Morgan fingerprint density at radius 1 is 1.29 bits per heavy atom. The number of aromatic nitrogens is 5. The monoisotopic (exact) mass is 466 g/mol. The van der Waals surface area contributed by atoms with Crippen LogP contribution in [-0.2, 0) is 0 Å². The van der Waals surface area contributed by atoms with E-state index in [1.807, 2.05) is 41.8 Å². The minimum absolute atomic E-state index is 0.0455. The summed E-state index contributed by atoms with van der Waals surface area (Å²) in [7, 11) is 1.61. The highest BCUT2D eigenvalue weighted by molar-refractivity contribution is 5.98. The van der Waals surface area contributed by atoms with E-state index >= 15 is 0 Å². The minimum atomic E-state index is -2.77. The summed E-state index contributed by atoms with van der Waals surface area (Å²) in [5, 5.41) is 2.70. The minimum Gasteiger partial charge on any atom is -0.382 e. The molecule has 1 aliphatic rings. The number of carbonyl (C=O) groups excluding carboxylic acids is 1. The number of likely N-dealkylation sites (N-methyl/N-ethyl adjacent to an activating group) is 1. The topological polar surface area (TPSA) is 117 Å². The molecule has 1 amide bonds. The van der Waals surface area contributed by atoms with Gasteiger partial charge in [0.05, 0.1) is 12.2 Å². The van der Waals surface area contributed by atoms with E-state index in [2.05, 4.69) is 25.3 Å². The lowest BCUT2D eigenvalue weighted by molar-refractivity contribution is 0.0140. The number of nitrogens with zero attached hydrogens (tertiary/aromatic N) is 5. The van der Waals surface area contributed by atoms with E-state index in [4.69, 9.17) is 5.73 Å². The van der Waals surface area contributed by atoms with Crippen LogP contribution in [0.5, 0.6) is 0 Å². The summed E-state index contributed by atoms with van der Waals surface area (Å²) >= 11 is 0. The molecule has 0 aliphatic carbocycles. The largest absolute Gasteiger partial charge is 0.382 e. The average molecular weight is 466 g/mol. The summed E-state index contributed by atoms with van der Waals surface area (Å²) in [5.41, 5.74) is 10.2. The Morgan fingerprint density at radius 2 is 2.12 bits per heavy atom. The molecule has 1 fully saturated rings. The lowest BCUT2D eigenvalue weighted by atomic mass is 10.1. The number of likely N-dealkylation sites (tertiary alicyclic amines) is 1. The van der Waals surface area contributed by atoms with E-state index in [0.717, 1.165) is 16.9 Å². The van der Waals surface area contributed by atoms with Crippen molar-refractivity contribution in [3.8, 4) is 22.6 Å². The number of pyridine rings is 1. The Labute approximate surface area is 194 Å². The van der Waals surface area contributed by atoms with Gasteiger partial charge in [-0.1, -0.05) is 0 Å². The van der Waals surface area contributed by atoms with Gasteiger partial charge in [0.15, 0.2) is 11.5 Å².